The van der Waals surface area contributed by atoms with Crippen LogP contribution in [0.4, 0.5) is 4.79 Å². The Balaban J connectivity index is 2.06. The van der Waals surface area contributed by atoms with E-state index in [0.29, 0.717) is 25.9 Å². The summed E-state index contributed by atoms with van der Waals surface area (Å²) in [4.78, 5) is 23.1. The molecule has 1 aliphatic rings. The maximum atomic E-state index is 11.7. The van der Waals surface area contributed by atoms with E-state index in [9.17, 15) is 9.59 Å². The molecule has 0 saturated carbocycles. The summed E-state index contributed by atoms with van der Waals surface area (Å²) < 4.78 is 5.11. The molecule has 2 N–H and O–H groups in total. The first kappa shape index (κ1) is 17.3. The predicted octanol–water partition coefficient (Wildman–Crippen LogP) is 2.50. The zero-order chi connectivity index (χ0) is 15.7. The average Bonchev–Trinajstić information content (AvgIpc) is 2.37. The number of hydrogen-bond acceptors (Lipinski definition) is 3. The van der Waals surface area contributed by atoms with Crippen LogP contribution in [0.25, 0.3) is 0 Å². The van der Waals surface area contributed by atoms with Crippen molar-refractivity contribution in [3.63, 3.8) is 0 Å². The number of rotatable bonds is 6. The molecule has 0 atom stereocenters. The molecule has 0 bridgehead atoms. The highest BCUT2D eigenvalue weighted by Gasteiger charge is 2.15. The molecule has 0 saturated heterocycles. The quantitative estimate of drug-likeness (QED) is 0.739. The molecular formula is C16H25N2O3. The van der Waals surface area contributed by atoms with Crippen LogP contribution in [0.1, 0.15) is 40.0 Å². The fourth-order valence-electron chi connectivity index (χ4n) is 1.76. The summed E-state index contributed by atoms with van der Waals surface area (Å²) in [6.45, 7) is 6.47. The number of carbonyl (C=O) groups excluding carboxylic acids is 2. The van der Waals surface area contributed by atoms with E-state index >= 15 is 0 Å². The topological polar surface area (TPSA) is 67.4 Å². The number of nitrogens with one attached hydrogen (secondary N) is 2. The number of amides is 2. The van der Waals surface area contributed by atoms with Gasteiger partial charge in [0.1, 0.15) is 5.60 Å². The van der Waals surface area contributed by atoms with Gasteiger partial charge in [0, 0.05) is 13.1 Å². The third-order valence-corrected chi connectivity index (χ3v) is 2.67. The van der Waals surface area contributed by atoms with E-state index in [-0.39, 0.29) is 5.91 Å². The molecule has 1 radical (unpaired) electrons. The van der Waals surface area contributed by atoms with Crippen molar-refractivity contribution in [2.75, 3.05) is 13.1 Å². The Hall–Kier alpha value is -1.78. The Morgan fingerprint density at radius 2 is 1.95 bits per heavy atom. The number of allylic oxidation sites excluding steroid dienone is 3. The highest BCUT2D eigenvalue weighted by Crippen LogP contribution is 2.11. The van der Waals surface area contributed by atoms with Crippen molar-refractivity contribution in [3.8, 4) is 0 Å². The summed E-state index contributed by atoms with van der Waals surface area (Å²) in [5.41, 5.74) is 0.554. The summed E-state index contributed by atoms with van der Waals surface area (Å²) in [5, 5.41) is 5.49. The molecule has 0 aliphatic heterocycles. The maximum absolute atomic E-state index is 11.7. The Morgan fingerprint density at radius 1 is 1.24 bits per heavy atom. The van der Waals surface area contributed by atoms with Gasteiger partial charge in [0.15, 0.2) is 0 Å². The second-order valence-electron chi connectivity index (χ2n) is 5.92. The van der Waals surface area contributed by atoms with Crippen LogP contribution in [0.3, 0.4) is 0 Å². The highest BCUT2D eigenvalue weighted by atomic mass is 16.6. The summed E-state index contributed by atoms with van der Waals surface area (Å²) in [6, 6.07) is 0. The minimum Gasteiger partial charge on any atom is -0.444 e. The molecule has 0 unspecified atom stereocenters. The summed E-state index contributed by atoms with van der Waals surface area (Å²) in [6.07, 6.45) is 9.55. The number of ether oxygens (including phenoxy) is 1. The zero-order valence-electron chi connectivity index (χ0n) is 13.1. The minimum absolute atomic E-state index is 0.00469. The van der Waals surface area contributed by atoms with Gasteiger partial charge in [-0.1, -0.05) is 18.2 Å². The number of alkyl carbamates (subject to hydrolysis) is 1. The van der Waals surface area contributed by atoms with E-state index in [2.05, 4.69) is 10.6 Å². The van der Waals surface area contributed by atoms with Crippen molar-refractivity contribution in [3.05, 3.63) is 30.2 Å². The van der Waals surface area contributed by atoms with Crippen molar-refractivity contribution in [1.29, 1.82) is 0 Å². The Morgan fingerprint density at radius 3 is 2.57 bits per heavy atom. The Bertz CT molecular complexity index is 420. The van der Waals surface area contributed by atoms with Gasteiger partial charge in [0.2, 0.25) is 5.91 Å². The summed E-state index contributed by atoms with van der Waals surface area (Å²) in [5.74, 6) is 0.00469. The lowest BCUT2D eigenvalue weighted by Crippen LogP contribution is -2.34. The summed E-state index contributed by atoms with van der Waals surface area (Å²) >= 11 is 0. The van der Waals surface area contributed by atoms with Crippen molar-refractivity contribution < 1.29 is 14.3 Å². The van der Waals surface area contributed by atoms with Crippen LogP contribution < -0.4 is 10.6 Å². The maximum Gasteiger partial charge on any atom is 0.407 e. The Kier molecular flexibility index (Phi) is 6.99. The average molecular weight is 293 g/mol. The van der Waals surface area contributed by atoms with E-state index in [1.54, 1.807) is 0 Å². The SMILES string of the molecule is CC(C)(C)OC(=O)NCCCNC(=O)CC1=CC[CH]C=C1. The minimum atomic E-state index is -0.489. The fraction of sp³-hybridized carbons (Fsp3) is 0.562. The molecular weight excluding hydrogens is 268 g/mol. The van der Waals surface area contributed by atoms with Crippen LogP contribution in [0, 0.1) is 6.42 Å². The largest absolute Gasteiger partial charge is 0.444 e. The van der Waals surface area contributed by atoms with Crippen LogP contribution >= 0.6 is 0 Å². The van der Waals surface area contributed by atoms with E-state index in [1.807, 2.05) is 45.4 Å². The molecule has 0 aromatic heterocycles. The molecule has 0 fully saturated rings. The van der Waals surface area contributed by atoms with Gasteiger partial charge in [-0.3, -0.25) is 4.79 Å². The molecule has 0 aromatic rings. The molecule has 1 aliphatic carbocycles. The van der Waals surface area contributed by atoms with Crippen molar-refractivity contribution >= 4 is 12.0 Å². The van der Waals surface area contributed by atoms with E-state index < -0.39 is 11.7 Å². The van der Waals surface area contributed by atoms with Gasteiger partial charge in [-0.2, -0.15) is 0 Å². The van der Waals surface area contributed by atoms with Gasteiger partial charge in [-0.25, -0.2) is 4.79 Å². The van der Waals surface area contributed by atoms with Crippen LogP contribution in [0.15, 0.2) is 23.8 Å². The van der Waals surface area contributed by atoms with Gasteiger partial charge < -0.3 is 15.4 Å². The smallest absolute Gasteiger partial charge is 0.407 e. The second-order valence-corrected chi connectivity index (χ2v) is 5.92. The molecule has 21 heavy (non-hydrogen) atoms. The van der Waals surface area contributed by atoms with Crippen molar-refractivity contribution in [1.82, 2.24) is 10.6 Å². The highest BCUT2D eigenvalue weighted by molar-refractivity contribution is 5.79. The van der Waals surface area contributed by atoms with Gasteiger partial charge >= 0.3 is 6.09 Å². The molecule has 0 spiro atoms. The standard InChI is InChI=1S/C16H25N2O3/c1-16(2,3)21-15(20)18-11-7-10-17-14(19)12-13-8-5-4-6-9-13/h4-5,8-9H,6-7,10-12H2,1-3H3,(H,17,19)(H,18,20). The first-order valence-electron chi connectivity index (χ1n) is 7.29. The van der Waals surface area contributed by atoms with Crippen LogP contribution in [0.2, 0.25) is 0 Å². The monoisotopic (exact) mass is 293 g/mol. The molecule has 117 valence electrons. The third kappa shape index (κ3) is 8.89. The van der Waals surface area contributed by atoms with E-state index in [0.717, 1.165) is 12.0 Å². The second kappa shape index (κ2) is 8.49. The van der Waals surface area contributed by atoms with Crippen molar-refractivity contribution in [2.45, 2.75) is 45.6 Å². The van der Waals surface area contributed by atoms with Gasteiger partial charge in [0.25, 0.3) is 0 Å². The normalized spacial score (nSPS) is 14.3. The van der Waals surface area contributed by atoms with Gasteiger partial charge in [-0.15, -0.1) is 0 Å². The van der Waals surface area contributed by atoms with E-state index in [1.165, 1.54) is 0 Å². The molecule has 0 aromatic carbocycles. The lowest BCUT2D eigenvalue weighted by atomic mass is 10.0. The molecule has 1 rings (SSSR count). The van der Waals surface area contributed by atoms with Crippen LogP contribution in [-0.2, 0) is 9.53 Å². The molecule has 0 heterocycles. The van der Waals surface area contributed by atoms with Crippen LogP contribution in [0.5, 0.6) is 0 Å². The third-order valence-electron chi connectivity index (χ3n) is 2.67. The van der Waals surface area contributed by atoms with Gasteiger partial charge in [0.05, 0.1) is 6.42 Å². The summed E-state index contributed by atoms with van der Waals surface area (Å²) in [7, 11) is 0. The van der Waals surface area contributed by atoms with Crippen LogP contribution in [-0.4, -0.2) is 30.7 Å². The Labute approximate surface area is 126 Å². The zero-order valence-corrected chi connectivity index (χ0v) is 13.1. The first-order valence-corrected chi connectivity index (χ1v) is 7.29. The molecule has 2 amide bonds. The van der Waals surface area contributed by atoms with E-state index in [4.69, 9.17) is 4.74 Å². The lowest BCUT2D eigenvalue weighted by molar-refractivity contribution is -0.120. The molecule has 5 nitrogen and oxygen atoms in total. The lowest BCUT2D eigenvalue weighted by Gasteiger charge is -2.19. The predicted molar refractivity (Wildman–Crippen MR) is 82.6 cm³/mol. The number of carbonyl (C=O) groups is 2. The van der Waals surface area contributed by atoms with Crippen molar-refractivity contribution in [2.24, 2.45) is 0 Å². The fourth-order valence-corrected chi connectivity index (χ4v) is 1.76. The number of hydrogen-bond donors (Lipinski definition) is 2. The molecule has 5 heteroatoms. The first-order chi connectivity index (χ1) is 9.87. The van der Waals surface area contributed by atoms with Gasteiger partial charge in [-0.05, 0) is 45.6 Å².